The zero-order valence-corrected chi connectivity index (χ0v) is 16.7. The van der Waals surface area contributed by atoms with Crippen molar-refractivity contribution in [2.45, 2.75) is 78.6 Å². The second kappa shape index (κ2) is 11.5. The first-order valence-corrected chi connectivity index (χ1v) is 10.1. The van der Waals surface area contributed by atoms with Gasteiger partial charge in [-0.1, -0.05) is 83.1 Å². The first-order chi connectivity index (χ1) is 12.0. The summed E-state index contributed by atoms with van der Waals surface area (Å²) < 4.78 is 5.28. The van der Waals surface area contributed by atoms with Crippen molar-refractivity contribution in [2.75, 3.05) is 13.7 Å². The number of methoxy groups -OCH3 is 1. The Morgan fingerprint density at radius 1 is 1.28 bits per heavy atom. The minimum absolute atomic E-state index is 0.0607. The molecule has 1 rings (SSSR count). The van der Waals surface area contributed by atoms with Crippen LogP contribution in [0.25, 0.3) is 0 Å². The minimum atomic E-state index is -0.754. The van der Waals surface area contributed by atoms with Crippen LogP contribution >= 0.6 is 0 Å². The highest BCUT2D eigenvalue weighted by Gasteiger charge is 2.45. The van der Waals surface area contributed by atoms with Gasteiger partial charge in [0.25, 0.3) is 0 Å². The van der Waals surface area contributed by atoms with Gasteiger partial charge in [0, 0.05) is 19.6 Å². The number of hydrogen-bond donors (Lipinski definition) is 1. The Labute approximate surface area is 154 Å². The molecule has 0 saturated heterocycles. The number of hydrogen-bond acceptors (Lipinski definition) is 2. The summed E-state index contributed by atoms with van der Waals surface area (Å²) in [5.41, 5.74) is 0.528. The Hall–Kier alpha value is -1.09. The smallest absolute Gasteiger partial charge is 0.314 e. The third kappa shape index (κ3) is 6.62. The maximum Gasteiger partial charge on any atom is 0.314 e. The third-order valence-corrected chi connectivity index (χ3v) is 5.44. The molecule has 0 aromatic heterocycles. The van der Waals surface area contributed by atoms with Crippen molar-refractivity contribution in [3.8, 4) is 0 Å². The van der Waals surface area contributed by atoms with Gasteiger partial charge in [-0.3, -0.25) is 4.79 Å². The Morgan fingerprint density at radius 2 is 2.00 bits per heavy atom. The van der Waals surface area contributed by atoms with E-state index in [2.05, 4.69) is 26.8 Å². The molecule has 0 aromatic rings. The molecule has 2 atom stereocenters. The molecule has 0 spiro atoms. The summed E-state index contributed by atoms with van der Waals surface area (Å²) in [7, 11) is 1.69. The Bertz CT molecular complexity index is 450. The molecule has 2 unspecified atom stereocenters. The van der Waals surface area contributed by atoms with Gasteiger partial charge in [-0.2, -0.15) is 0 Å². The van der Waals surface area contributed by atoms with Crippen molar-refractivity contribution < 1.29 is 14.6 Å². The van der Waals surface area contributed by atoms with E-state index in [9.17, 15) is 9.90 Å². The van der Waals surface area contributed by atoms with E-state index in [4.69, 9.17) is 4.74 Å². The Morgan fingerprint density at radius 3 is 2.60 bits per heavy atom. The van der Waals surface area contributed by atoms with Gasteiger partial charge in [0.2, 0.25) is 0 Å². The zero-order chi connectivity index (χ0) is 18.7. The number of carboxylic acids is 1. The number of rotatable bonds is 13. The monoisotopic (exact) mass is 350 g/mol. The van der Waals surface area contributed by atoms with Gasteiger partial charge in [0.1, 0.15) is 0 Å². The van der Waals surface area contributed by atoms with Gasteiger partial charge >= 0.3 is 5.97 Å². The fourth-order valence-corrected chi connectivity index (χ4v) is 4.04. The minimum Gasteiger partial charge on any atom is -0.481 e. The molecule has 0 heterocycles. The van der Waals surface area contributed by atoms with Crippen LogP contribution in [0.2, 0.25) is 0 Å². The molecule has 3 heteroatoms. The summed E-state index contributed by atoms with van der Waals surface area (Å²) >= 11 is 0. The summed E-state index contributed by atoms with van der Waals surface area (Å²) in [5.74, 6) is 0.145. The van der Waals surface area contributed by atoms with E-state index in [-0.39, 0.29) is 5.92 Å². The van der Waals surface area contributed by atoms with Crippen molar-refractivity contribution in [3.05, 3.63) is 23.8 Å². The van der Waals surface area contributed by atoms with Crippen molar-refractivity contribution in [1.82, 2.24) is 0 Å². The van der Waals surface area contributed by atoms with E-state index in [0.717, 1.165) is 44.4 Å². The van der Waals surface area contributed by atoms with Crippen molar-refractivity contribution >= 4 is 5.97 Å². The number of unbranched alkanes of at least 4 members (excludes halogenated alkanes) is 3. The zero-order valence-electron chi connectivity index (χ0n) is 16.7. The predicted octanol–water partition coefficient (Wildman–Crippen LogP) is 6.00. The van der Waals surface area contributed by atoms with Crippen molar-refractivity contribution in [2.24, 2.45) is 17.3 Å². The molecular weight excluding hydrogens is 312 g/mol. The van der Waals surface area contributed by atoms with Gasteiger partial charge < -0.3 is 9.84 Å². The molecule has 0 aromatic carbocycles. The maximum atomic E-state index is 12.3. The molecule has 25 heavy (non-hydrogen) atoms. The lowest BCUT2D eigenvalue weighted by atomic mass is 9.64. The molecule has 144 valence electrons. The van der Waals surface area contributed by atoms with Crippen LogP contribution in [0.3, 0.4) is 0 Å². The summed E-state index contributed by atoms with van der Waals surface area (Å²) in [6.07, 6.45) is 15.4. The van der Waals surface area contributed by atoms with E-state index in [1.54, 1.807) is 7.11 Å². The third-order valence-electron chi connectivity index (χ3n) is 5.44. The predicted molar refractivity (Wildman–Crippen MR) is 105 cm³/mol. The Kier molecular flexibility index (Phi) is 10.1. The van der Waals surface area contributed by atoms with Gasteiger partial charge in [-0.05, 0) is 25.2 Å². The highest BCUT2D eigenvalue weighted by atomic mass is 16.5. The molecule has 1 aliphatic carbocycles. The van der Waals surface area contributed by atoms with Crippen LogP contribution < -0.4 is 0 Å². The molecule has 0 fully saturated rings. The normalized spacial score (nSPS) is 23.1. The molecule has 1 N–H and O–H groups in total. The molecule has 0 aliphatic heterocycles. The van der Waals surface area contributed by atoms with Crippen LogP contribution in [0.4, 0.5) is 0 Å². The fourth-order valence-electron chi connectivity index (χ4n) is 4.04. The van der Waals surface area contributed by atoms with E-state index < -0.39 is 11.4 Å². The standard InChI is InChI=1S/C22H38O3/c1-5-11-19-13-10-16-22(21(23)24,20(19)14-17-25-4)15-9-7-6-8-12-18(2)3/h10,13,16,18,20H,5-9,11-12,14-15,17H2,1-4H3,(H,23,24). The summed E-state index contributed by atoms with van der Waals surface area (Å²) in [5, 5.41) is 10.1. The molecule has 3 nitrogen and oxygen atoms in total. The van der Waals surface area contributed by atoms with Crippen LogP contribution in [-0.2, 0) is 9.53 Å². The molecule has 0 radical (unpaired) electrons. The Balaban J connectivity index is 2.76. The lowest BCUT2D eigenvalue weighted by molar-refractivity contribution is -0.149. The first-order valence-electron chi connectivity index (χ1n) is 10.1. The van der Waals surface area contributed by atoms with E-state index in [0.29, 0.717) is 6.61 Å². The average molecular weight is 351 g/mol. The lowest BCUT2D eigenvalue weighted by Crippen LogP contribution is -2.40. The quantitative estimate of drug-likeness (QED) is 0.414. The van der Waals surface area contributed by atoms with Crippen LogP contribution in [-0.4, -0.2) is 24.8 Å². The van der Waals surface area contributed by atoms with E-state index >= 15 is 0 Å². The van der Waals surface area contributed by atoms with Crippen LogP contribution in [0.15, 0.2) is 23.8 Å². The molecular formula is C22H38O3. The fraction of sp³-hybridized carbons (Fsp3) is 0.773. The number of allylic oxidation sites excluding steroid dienone is 3. The van der Waals surface area contributed by atoms with Gasteiger partial charge in [0.05, 0.1) is 5.41 Å². The largest absolute Gasteiger partial charge is 0.481 e. The maximum absolute atomic E-state index is 12.3. The van der Waals surface area contributed by atoms with Crippen molar-refractivity contribution in [3.63, 3.8) is 0 Å². The SMILES string of the molecule is CCCC1=CC=CC(CCCCCCC(C)C)(C(=O)O)C1CCOC. The van der Waals surface area contributed by atoms with E-state index in [1.807, 2.05) is 12.2 Å². The number of ether oxygens (including phenoxy) is 1. The highest BCUT2D eigenvalue weighted by Crippen LogP contribution is 2.45. The first kappa shape index (κ1) is 22.0. The van der Waals surface area contributed by atoms with Crippen LogP contribution in [0.5, 0.6) is 0 Å². The molecule has 0 saturated carbocycles. The second-order valence-corrected chi connectivity index (χ2v) is 7.88. The van der Waals surface area contributed by atoms with Gasteiger partial charge in [-0.15, -0.1) is 0 Å². The van der Waals surface area contributed by atoms with Crippen LogP contribution in [0, 0.1) is 17.3 Å². The summed E-state index contributed by atoms with van der Waals surface area (Å²) in [6.45, 7) is 7.29. The number of carboxylic acid groups (broad SMARTS) is 1. The summed E-state index contributed by atoms with van der Waals surface area (Å²) in [4.78, 5) is 12.3. The molecule has 0 bridgehead atoms. The lowest BCUT2D eigenvalue weighted by Gasteiger charge is -2.39. The topological polar surface area (TPSA) is 46.5 Å². The average Bonchev–Trinajstić information content (AvgIpc) is 2.57. The molecule has 0 amide bonds. The van der Waals surface area contributed by atoms with Crippen molar-refractivity contribution in [1.29, 1.82) is 0 Å². The second-order valence-electron chi connectivity index (χ2n) is 7.88. The number of aliphatic carboxylic acids is 1. The molecule has 1 aliphatic rings. The van der Waals surface area contributed by atoms with Gasteiger partial charge in [0.15, 0.2) is 0 Å². The number of carbonyl (C=O) groups is 1. The highest BCUT2D eigenvalue weighted by molar-refractivity contribution is 5.79. The van der Waals surface area contributed by atoms with E-state index in [1.165, 1.54) is 24.8 Å². The summed E-state index contributed by atoms with van der Waals surface area (Å²) in [6, 6.07) is 0. The van der Waals surface area contributed by atoms with Gasteiger partial charge in [-0.25, -0.2) is 0 Å². The van der Waals surface area contributed by atoms with Crippen LogP contribution in [0.1, 0.15) is 78.6 Å².